The van der Waals surface area contributed by atoms with E-state index >= 15 is 0 Å². The monoisotopic (exact) mass is 283 g/mol. The maximum atomic E-state index is 12.2. The van der Waals surface area contributed by atoms with E-state index in [1.54, 1.807) is 6.07 Å². The van der Waals surface area contributed by atoms with Gasteiger partial charge >= 0.3 is 5.97 Å². The molecule has 2 rings (SSSR count). The molecule has 19 heavy (non-hydrogen) atoms. The van der Waals surface area contributed by atoms with Crippen molar-refractivity contribution < 1.29 is 18.3 Å². The van der Waals surface area contributed by atoms with Gasteiger partial charge in [-0.05, 0) is 49.4 Å². The van der Waals surface area contributed by atoms with Crippen LogP contribution in [0.3, 0.4) is 0 Å². The largest absolute Gasteiger partial charge is 0.481 e. The van der Waals surface area contributed by atoms with E-state index in [0.29, 0.717) is 12.0 Å². The molecule has 5 nitrogen and oxygen atoms in total. The van der Waals surface area contributed by atoms with Gasteiger partial charge in [0.1, 0.15) is 0 Å². The molecule has 0 atom stereocenters. The summed E-state index contributed by atoms with van der Waals surface area (Å²) in [6.45, 7) is 0. The second-order valence-electron chi connectivity index (χ2n) is 4.68. The first-order valence-corrected chi connectivity index (χ1v) is 7.73. The molecule has 0 unspecified atom stereocenters. The van der Waals surface area contributed by atoms with Crippen LogP contribution in [0.15, 0.2) is 17.0 Å². The highest BCUT2D eigenvalue weighted by Gasteiger charge is 2.25. The van der Waals surface area contributed by atoms with E-state index in [2.05, 4.69) is 4.72 Å². The molecule has 0 saturated heterocycles. The lowest BCUT2D eigenvalue weighted by Gasteiger charge is -2.21. The predicted molar refractivity (Wildman–Crippen MR) is 70.7 cm³/mol. The topological polar surface area (TPSA) is 83.5 Å². The SMILES string of the molecule is CNS(=O)(=O)c1c(CC(=O)O)ccc2c1CCCC2. The summed E-state index contributed by atoms with van der Waals surface area (Å²) < 4.78 is 26.6. The Kier molecular flexibility index (Phi) is 3.91. The highest BCUT2D eigenvalue weighted by molar-refractivity contribution is 7.89. The average molecular weight is 283 g/mol. The van der Waals surface area contributed by atoms with Crippen LogP contribution in [0.25, 0.3) is 0 Å². The van der Waals surface area contributed by atoms with Crippen molar-refractivity contribution in [3.05, 3.63) is 28.8 Å². The first kappa shape index (κ1) is 14.0. The third-order valence-electron chi connectivity index (χ3n) is 3.44. The van der Waals surface area contributed by atoms with Crippen LogP contribution in [0.2, 0.25) is 0 Å². The molecule has 0 amide bonds. The Balaban J connectivity index is 2.66. The number of nitrogens with one attached hydrogen (secondary N) is 1. The van der Waals surface area contributed by atoms with Crippen LogP contribution in [0.1, 0.15) is 29.5 Å². The van der Waals surface area contributed by atoms with Gasteiger partial charge in [-0.15, -0.1) is 0 Å². The molecule has 0 radical (unpaired) electrons. The predicted octanol–water partition coefficient (Wildman–Crippen LogP) is 1.10. The van der Waals surface area contributed by atoms with E-state index < -0.39 is 16.0 Å². The van der Waals surface area contributed by atoms with E-state index in [-0.39, 0.29) is 11.3 Å². The van der Waals surface area contributed by atoms with Crippen LogP contribution in [0, 0.1) is 0 Å². The molecule has 0 aromatic heterocycles. The van der Waals surface area contributed by atoms with Crippen molar-refractivity contribution in [1.29, 1.82) is 0 Å². The third-order valence-corrected chi connectivity index (χ3v) is 5.02. The molecule has 2 N–H and O–H groups in total. The Morgan fingerprint density at radius 1 is 1.32 bits per heavy atom. The van der Waals surface area contributed by atoms with Crippen LogP contribution in [-0.2, 0) is 34.1 Å². The van der Waals surface area contributed by atoms with E-state index in [0.717, 1.165) is 30.4 Å². The van der Waals surface area contributed by atoms with Gasteiger partial charge in [0.05, 0.1) is 11.3 Å². The molecule has 104 valence electrons. The van der Waals surface area contributed by atoms with E-state index in [4.69, 9.17) is 5.11 Å². The molecule has 1 aliphatic rings. The highest BCUT2D eigenvalue weighted by atomic mass is 32.2. The van der Waals surface area contributed by atoms with Crippen molar-refractivity contribution in [2.45, 2.75) is 37.0 Å². The number of benzene rings is 1. The zero-order chi connectivity index (χ0) is 14.0. The van der Waals surface area contributed by atoms with Crippen LogP contribution < -0.4 is 4.72 Å². The van der Waals surface area contributed by atoms with Crippen molar-refractivity contribution in [3.8, 4) is 0 Å². The number of aryl methyl sites for hydroxylation is 1. The molecule has 0 heterocycles. The van der Waals surface area contributed by atoms with Crippen molar-refractivity contribution in [2.75, 3.05) is 7.05 Å². The lowest BCUT2D eigenvalue weighted by Crippen LogP contribution is -2.24. The Morgan fingerprint density at radius 3 is 2.63 bits per heavy atom. The summed E-state index contributed by atoms with van der Waals surface area (Å²) in [6, 6.07) is 3.49. The van der Waals surface area contributed by atoms with Crippen LogP contribution in [0.5, 0.6) is 0 Å². The molecule has 0 aliphatic heterocycles. The van der Waals surface area contributed by atoms with E-state index in [1.165, 1.54) is 7.05 Å². The fourth-order valence-corrected chi connectivity index (χ4v) is 3.83. The van der Waals surface area contributed by atoms with Gasteiger partial charge in [-0.25, -0.2) is 13.1 Å². The highest BCUT2D eigenvalue weighted by Crippen LogP contribution is 2.30. The summed E-state index contributed by atoms with van der Waals surface area (Å²) in [5, 5.41) is 8.92. The summed E-state index contributed by atoms with van der Waals surface area (Å²) in [6.07, 6.45) is 3.26. The molecule has 0 saturated carbocycles. The maximum Gasteiger partial charge on any atom is 0.307 e. The molecule has 0 bridgehead atoms. The number of fused-ring (bicyclic) bond motifs is 1. The lowest BCUT2D eigenvalue weighted by atomic mass is 9.90. The Labute approximate surface area is 112 Å². The maximum absolute atomic E-state index is 12.2. The number of carbonyl (C=O) groups is 1. The fourth-order valence-electron chi connectivity index (χ4n) is 2.58. The lowest BCUT2D eigenvalue weighted by molar-refractivity contribution is -0.136. The van der Waals surface area contributed by atoms with Crippen molar-refractivity contribution in [3.63, 3.8) is 0 Å². The smallest absolute Gasteiger partial charge is 0.307 e. The quantitative estimate of drug-likeness (QED) is 0.866. The number of hydrogen-bond acceptors (Lipinski definition) is 3. The standard InChI is InChI=1S/C13H17NO4S/c1-14-19(17,18)13-10(8-12(15)16)7-6-9-4-2-3-5-11(9)13/h6-7,14H,2-5,8H2,1H3,(H,15,16). The molecule has 1 aromatic rings. The first-order chi connectivity index (χ1) is 8.95. The first-order valence-electron chi connectivity index (χ1n) is 6.24. The second kappa shape index (κ2) is 5.30. The van der Waals surface area contributed by atoms with Crippen molar-refractivity contribution in [1.82, 2.24) is 4.72 Å². The summed E-state index contributed by atoms with van der Waals surface area (Å²) in [5.74, 6) is -1.02. The Bertz CT molecular complexity index is 607. The van der Waals surface area contributed by atoms with Crippen LogP contribution in [0.4, 0.5) is 0 Å². The van der Waals surface area contributed by atoms with Gasteiger partial charge in [0.25, 0.3) is 0 Å². The van der Waals surface area contributed by atoms with Gasteiger partial charge in [-0.3, -0.25) is 4.79 Å². The van der Waals surface area contributed by atoms with E-state index in [9.17, 15) is 13.2 Å². The molecular weight excluding hydrogens is 266 g/mol. The van der Waals surface area contributed by atoms with Gasteiger partial charge in [0.2, 0.25) is 10.0 Å². The molecule has 6 heteroatoms. The number of aliphatic carboxylic acids is 1. The van der Waals surface area contributed by atoms with Crippen LogP contribution >= 0.6 is 0 Å². The number of rotatable bonds is 4. The van der Waals surface area contributed by atoms with Crippen LogP contribution in [-0.4, -0.2) is 26.5 Å². The second-order valence-corrected chi connectivity index (χ2v) is 6.50. The summed E-state index contributed by atoms with van der Waals surface area (Å²) in [4.78, 5) is 11.1. The zero-order valence-corrected chi connectivity index (χ0v) is 11.6. The summed E-state index contributed by atoms with van der Waals surface area (Å²) in [7, 11) is -2.28. The normalized spacial score (nSPS) is 15.0. The number of sulfonamides is 1. The van der Waals surface area contributed by atoms with E-state index in [1.807, 2.05) is 6.07 Å². The Hall–Kier alpha value is -1.40. The minimum Gasteiger partial charge on any atom is -0.481 e. The number of carboxylic acid groups (broad SMARTS) is 1. The summed E-state index contributed by atoms with van der Waals surface area (Å²) in [5.41, 5.74) is 2.18. The minimum atomic E-state index is -3.63. The van der Waals surface area contributed by atoms with Gasteiger partial charge < -0.3 is 5.11 Å². The van der Waals surface area contributed by atoms with Gasteiger partial charge in [-0.2, -0.15) is 0 Å². The average Bonchev–Trinajstić information content (AvgIpc) is 2.37. The number of carboxylic acids is 1. The molecular formula is C13H17NO4S. The minimum absolute atomic E-state index is 0.176. The van der Waals surface area contributed by atoms with Crippen molar-refractivity contribution >= 4 is 16.0 Å². The third kappa shape index (κ3) is 2.79. The summed E-state index contributed by atoms with van der Waals surface area (Å²) >= 11 is 0. The fraction of sp³-hybridized carbons (Fsp3) is 0.462. The zero-order valence-electron chi connectivity index (χ0n) is 10.8. The molecule has 1 aliphatic carbocycles. The Morgan fingerprint density at radius 2 is 2.00 bits per heavy atom. The van der Waals surface area contributed by atoms with Gasteiger partial charge in [0.15, 0.2) is 0 Å². The number of hydrogen-bond donors (Lipinski definition) is 2. The van der Waals surface area contributed by atoms with Gasteiger partial charge in [0, 0.05) is 0 Å². The van der Waals surface area contributed by atoms with Gasteiger partial charge in [-0.1, -0.05) is 12.1 Å². The van der Waals surface area contributed by atoms with Crippen molar-refractivity contribution in [2.24, 2.45) is 0 Å². The molecule has 1 aromatic carbocycles. The molecule has 0 fully saturated rings. The molecule has 0 spiro atoms.